The fourth-order valence-electron chi connectivity index (χ4n) is 2.81. The van der Waals surface area contributed by atoms with E-state index in [-0.39, 0.29) is 0 Å². The number of hydrogen-bond acceptors (Lipinski definition) is 13. The second-order valence-electron chi connectivity index (χ2n) is 6.02. The van der Waals surface area contributed by atoms with Gasteiger partial charge in [0.1, 0.15) is 48.8 Å². The summed E-state index contributed by atoms with van der Waals surface area (Å²) in [5.41, 5.74) is 0. The molecule has 0 bridgehead atoms. The molecule has 10 atom stereocenters. The van der Waals surface area contributed by atoms with E-state index in [0.717, 1.165) is 0 Å². The second kappa shape index (κ2) is 8.87. The Morgan fingerprint density at radius 1 is 0.778 bits per heavy atom. The van der Waals surface area contributed by atoms with Gasteiger partial charge in [0.2, 0.25) is 0 Å². The highest BCUT2D eigenvalue weighted by Crippen LogP contribution is 2.30. The standard InChI is InChI=1S/C12H22O14S/c13-1-3-5(15)10(26-27(20,21)22)8(18)12(24-3)25-9-4(2-14)23-11(19)7(17)6(9)16/h3-19H,1-2H2,(H,20,21,22)/t3?,4?,5-,6+,7-,8-,9+,10-,11+,12-/m0/s1. The maximum Gasteiger partial charge on any atom is 0.397 e. The van der Waals surface area contributed by atoms with Crippen LogP contribution < -0.4 is 0 Å². The zero-order valence-corrected chi connectivity index (χ0v) is 14.4. The third-order valence-electron chi connectivity index (χ3n) is 4.19. The zero-order valence-electron chi connectivity index (χ0n) is 13.6. The smallest absolute Gasteiger partial charge is 0.394 e. The maximum absolute atomic E-state index is 10.9. The van der Waals surface area contributed by atoms with Crippen molar-refractivity contribution < 1.29 is 67.1 Å². The van der Waals surface area contributed by atoms with Crippen molar-refractivity contribution in [3.63, 3.8) is 0 Å². The first kappa shape index (κ1) is 22.8. The fourth-order valence-corrected chi connectivity index (χ4v) is 3.32. The largest absolute Gasteiger partial charge is 0.397 e. The molecule has 2 unspecified atom stereocenters. The molecule has 0 aromatic rings. The van der Waals surface area contributed by atoms with Gasteiger partial charge in [0.25, 0.3) is 0 Å². The van der Waals surface area contributed by atoms with Crippen LogP contribution in [0.25, 0.3) is 0 Å². The molecular weight excluding hydrogens is 400 g/mol. The van der Waals surface area contributed by atoms with Crippen LogP contribution in [0.5, 0.6) is 0 Å². The van der Waals surface area contributed by atoms with E-state index in [0.29, 0.717) is 0 Å². The lowest BCUT2D eigenvalue weighted by atomic mass is 9.97. The van der Waals surface area contributed by atoms with Gasteiger partial charge in [-0.2, -0.15) is 8.42 Å². The predicted molar refractivity (Wildman–Crippen MR) is 79.0 cm³/mol. The summed E-state index contributed by atoms with van der Waals surface area (Å²) in [7, 11) is -5.12. The summed E-state index contributed by atoms with van der Waals surface area (Å²) >= 11 is 0. The van der Waals surface area contributed by atoms with Crippen LogP contribution in [0.3, 0.4) is 0 Å². The lowest BCUT2D eigenvalue weighted by Crippen LogP contribution is -2.65. The van der Waals surface area contributed by atoms with Crippen molar-refractivity contribution in [3.8, 4) is 0 Å². The molecule has 2 aliphatic rings. The summed E-state index contributed by atoms with van der Waals surface area (Å²) in [6.45, 7) is -1.65. The molecule has 0 aromatic carbocycles. The van der Waals surface area contributed by atoms with Crippen LogP contribution in [-0.2, 0) is 28.8 Å². The number of aliphatic hydroxyl groups is 7. The molecule has 2 saturated heterocycles. The van der Waals surface area contributed by atoms with Crippen molar-refractivity contribution in [2.24, 2.45) is 0 Å². The molecule has 27 heavy (non-hydrogen) atoms. The lowest BCUT2D eigenvalue weighted by molar-refractivity contribution is -0.353. The Morgan fingerprint density at radius 2 is 1.37 bits per heavy atom. The molecule has 0 saturated carbocycles. The minimum atomic E-state index is -5.12. The summed E-state index contributed by atoms with van der Waals surface area (Å²) in [6.07, 6.45) is -17.8. The topological polar surface area (TPSA) is 233 Å². The third kappa shape index (κ3) is 5.10. The maximum atomic E-state index is 10.9. The Labute approximate surface area is 153 Å². The second-order valence-corrected chi connectivity index (χ2v) is 7.07. The first-order valence-corrected chi connectivity index (χ1v) is 9.10. The van der Waals surface area contributed by atoms with Crippen molar-refractivity contribution in [2.45, 2.75) is 61.4 Å². The summed E-state index contributed by atoms with van der Waals surface area (Å²) in [6, 6.07) is 0. The van der Waals surface area contributed by atoms with Gasteiger partial charge in [-0.25, -0.2) is 4.18 Å². The summed E-state index contributed by atoms with van der Waals surface area (Å²) in [4.78, 5) is 0. The van der Waals surface area contributed by atoms with E-state index in [4.69, 9.17) is 18.8 Å². The van der Waals surface area contributed by atoms with Gasteiger partial charge in [0.05, 0.1) is 13.2 Å². The van der Waals surface area contributed by atoms with Crippen LogP contribution in [0.15, 0.2) is 0 Å². The molecule has 160 valence electrons. The average molecular weight is 422 g/mol. The van der Waals surface area contributed by atoms with Crippen molar-refractivity contribution in [1.82, 2.24) is 0 Å². The number of aliphatic hydroxyl groups excluding tert-OH is 7. The van der Waals surface area contributed by atoms with Gasteiger partial charge in [-0.3, -0.25) is 4.55 Å². The molecule has 2 rings (SSSR count). The Kier molecular flexibility index (Phi) is 7.47. The molecule has 0 amide bonds. The van der Waals surface area contributed by atoms with Crippen LogP contribution >= 0.6 is 0 Å². The minimum Gasteiger partial charge on any atom is -0.394 e. The van der Waals surface area contributed by atoms with Crippen LogP contribution in [0.1, 0.15) is 0 Å². The van der Waals surface area contributed by atoms with Crippen LogP contribution in [0.4, 0.5) is 0 Å². The quantitative estimate of drug-likeness (QED) is 0.186. The van der Waals surface area contributed by atoms with E-state index in [1.807, 2.05) is 0 Å². The van der Waals surface area contributed by atoms with E-state index < -0.39 is 85.0 Å². The number of hydrogen-bond donors (Lipinski definition) is 8. The van der Waals surface area contributed by atoms with E-state index >= 15 is 0 Å². The van der Waals surface area contributed by atoms with Gasteiger partial charge in [0.15, 0.2) is 12.6 Å². The van der Waals surface area contributed by atoms with Gasteiger partial charge in [-0.15, -0.1) is 0 Å². The van der Waals surface area contributed by atoms with Crippen LogP contribution in [0, 0.1) is 0 Å². The number of ether oxygens (including phenoxy) is 3. The molecule has 8 N–H and O–H groups in total. The van der Waals surface area contributed by atoms with E-state index in [9.17, 15) is 44.2 Å². The highest BCUT2D eigenvalue weighted by atomic mass is 32.3. The molecule has 2 aliphatic heterocycles. The van der Waals surface area contributed by atoms with Crippen molar-refractivity contribution in [3.05, 3.63) is 0 Å². The fraction of sp³-hybridized carbons (Fsp3) is 1.00. The summed E-state index contributed by atoms with van der Waals surface area (Å²) in [5.74, 6) is 0. The van der Waals surface area contributed by atoms with Crippen molar-refractivity contribution in [1.29, 1.82) is 0 Å². The molecular formula is C12H22O14S. The average Bonchev–Trinajstić information content (AvgIpc) is 2.59. The monoisotopic (exact) mass is 422 g/mol. The molecule has 0 spiro atoms. The zero-order chi connectivity index (χ0) is 20.5. The highest BCUT2D eigenvalue weighted by molar-refractivity contribution is 7.80. The highest BCUT2D eigenvalue weighted by Gasteiger charge is 2.51. The Balaban J connectivity index is 2.22. The molecule has 15 heteroatoms. The van der Waals surface area contributed by atoms with E-state index in [1.165, 1.54) is 0 Å². The van der Waals surface area contributed by atoms with Gasteiger partial charge < -0.3 is 50.0 Å². The molecule has 0 radical (unpaired) electrons. The third-order valence-corrected chi connectivity index (χ3v) is 4.65. The SMILES string of the molecule is O=S(=O)(O)O[C@@H]1[C@H](O)[C@H](O[C@@H]2C(CO)O[C@@H](O)[C@@H](O)[C@H]2O)OC(CO)[C@@H]1O. The van der Waals surface area contributed by atoms with Crippen molar-refractivity contribution in [2.75, 3.05) is 13.2 Å². The lowest BCUT2D eigenvalue weighted by Gasteiger charge is -2.45. The summed E-state index contributed by atoms with van der Waals surface area (Å²) < 4.78 is 50.0. The number of rotatable bonds is 6. The Hall–Kier alpha value is -0.530. The Morgan fingerprint density at radius 3 is 1.89 bits per heavy atom. The van der Waals surface area contributed by atoms with Gasteiger partial charge >= 0.3 is 10.4 Å². The summed E-state index contributed by atoms with van der Waals surface area (Å²) in [5, 5.41) is 67.8. The van der Waals surface area contributed by atoms with E-state index in [1.54, 1.807) is 0 Å². The Bertz CT molecular complexity index is 583. The molecule has 14 nitrogen and oxygen atoms in total. The van der Waals surface area contributed by atoms with Crippen molar-refractivity contribution >= 4 is 10.4 Å². The molecule has 2 heterocycles. The van der Waals surface area contributed by atoms with Gasteiger partial charge in [0, 0.05) is 0 Å². The first-order chi connectivity index (χ1) is 12.5. The van der Waals surface area contributed by atoms with E-state index in [2.05, 4.69) is 4.18 Å². The molecule has 0 aromatic heterocycles. The van der Waals surface area contributed by atoms with Gasteiger partial charge in [-0.1, -0.05) is 0 Å². The first-order valence-electron chi connectivity index (χ1n) is 7.74. The van der Waals surface area contributed by atoms with Crippen LogP contribution in [-0.4, -0.2) is 123 Å². The van der Waals surface area contributed by atoms with Crippen LogP contribution in [0.2, 0.25) is 0 Å². The minimum absolute atomic E-state index is 0.786. The normalized spacial score (nSPS) is 46.4. The molecule has 0 aliphatic carbocycles. The molecule has 2 fully saturated rings. The van der Waals surface area contributed by atoms with Gasteiger partial charge in [-0.05, 0) is 0 Å². The predicted octanol–water partition coefficient (Wildman–Crippen LogP) is -5.57.